The maximum absolute atomic E-state index is 13.1. The van der Waals surface area contributed by atoms with Crippen molar-refractivity contribution in [1.29, 1.82) is 0 Å². The van der Waals surface area contributed by atoms with Crippen molar-refractivity contribution in [3.63, 3.8) is 0 Å². The molecule has 0 bridgehead atoms. The van der Waals surface area contributed by atoms with E-state index >= 15 is 0 Å². The van der Waals surface area contributed by atoms with Gasteiger partial charge >= 0.3 is 0 Å². The molecule has 1 N–H and O–H groups in total. The lowest BCUT2D eigenvalue weighted by atomic mass is 10.1. The van der Waals surface area contributed by atoms with E-state index in [0.717, 1.165) is 28.1 Å². The number of carbonyl (C=O) groups is 1. The predicted octanol–water partition coefficient (Wildman–Crippen LogP) is 6.07. The smallest absolute Gasteiger partial charge is 0.267 e. The van der Waals surface area contributed by atoms with Crippen LogP contribution in [0.15, 0.2) is 78.4 Å². The van der Waals surface area contributed by atoms with E-state index in [-0.39, 0.29) is 5.91 Å². The molecule has 4 aromatic rings. The zero-order valence-corrected chi connectivity index (χ0v) is 16.1. The van der Waals surface area contributed by atoms with Crippen LogP contribution >= 0.6 is 11.3 Å². The van der Waals surface area contributed by atoms with Crippen LogP contribution in [-0.2, 0) is 0 Å². The second-order valence-electron chi connectivity index (χ2n) is 6.54. The first-order valence-corrected chi connectivity index (χ1v) is 9.70. The number of nitrogens with one attached hydrogen (secondary N) is 1. The molecule has 0 radical (unpaired) electrons. The monoisotopic (exact) mass is 372 g/mol. The Morgan fingerprint density at radius 3 is 2.37 bits per heavy atom. The zero-order chi connectivity index (χ0) is 18.8. The normalized spacial score (nSPS) is 10.7. The fourth-order valence-corrected chi connectivity index (χ4v) is 4.05. The van der Waals surface area contributed by atoms with Crippen LogP contribution in [0, 0.1) is 13.8 Å². The van der Waals surface area contributed by atoms with E-state index < -0.39 is 0 Å². The fraction of sp³-hybridized carbons (Fsp3) is 0.0870. The third-order valence-corrected chi connectivity index (χ3v) is 5.65. The van der Waals surface area contributed by atoms with Crippen molar-refractivity contribution in [2.75, 3.05) is 5.32 Å². The van der Waals surface area contributed by atoms with Crippen LogP contribution in [0.3, 0.4) is 0 Å². The Morgan fingerprint density at radius 2 is 1.67 bits per heavy atom. The summed E-state index contributed by atoms with van der Waals surface area (Å²) in [6, 6.07) is 20.1. The van der Waals surface area contributed by atoms with E-state index in [9.17, 15) is 4.79 Å². The molecule has 0 aliphatic heterocycles. The molecular formula is C23H20N2OS. The van der Waals surface area contributed by atoms with Gasteiger partial charge < -0.3 is 9.88 Å². The lowest BCUT2D eigenvalue weighted by Gasteiger charge is -2.11. The van der Waals surface area contributed by atoms with Crippen LogP contribution in [0.4, 0.5) is 5.69 Å². The second kappa shape index (κ2) is 7.25. The molecule has 27 heavy (non-hydrogen) atoms. The summed E-state index contributed by atoms with van der Waals surface area (Å²) in [7, 11) is 0. The third-order valence-electron chi connectivity index (χ3n) is 4.68. The van der Waals surface area contributed by atoms with Gasteiger partial charge in [-0.25, -0.2) is 0 Å². The van der Waals surface area contributed by atoms with Crippen LogP contribution in [0.1, 0.15) is 20.8 Å². The van der Waals surface area contributed by atoms with E-state index in [2.05, 4.69) is 36.7 Å². The van der Waals surface area contributed by atoms with Gasteiger partial charge in [0.2, 0.25) is 0 Å². The number of nitrogens with zero attached hydrogens (tertiary/aromatic N) is 1. The van der Waals surface area contributed by atoms with Crippen molar-refractivity contribution in [1.82, 2.24) is 4.57 Å². The maximum Gasteiger partial charge on any atom is 0.267 e. The van der Waals surface area contributed by atoms with E-state index in [1.807, 2.05) is 65.5 Å². The number of carbonyl (C=O) groups excluding carboxylic acids is 1. The molecule has 3 nitrogen and oxygen atoms in total. The number of benzene rings is 2. The number of hydrogen-bond donors (Lipinski definition) is 1. The first-order valence-electron chi connectivity index (χ1n) is 8.82. The number of hydrogen-bond acceptors (Lipinski definition) is 2. The summed E-state index contributed by atoms with van der Waals surface area (Å²) in [4.78, 5) is 13.8. The van der Waals surface area contributed by atoms with Gasteiger partial charge in [0.25, 0.3) is 5.91 Å². The van der Waals surface area contributed by atoms with Crippen LogP contribution in [0.25, 0.3) is 16.8 Å². The number of thiophene rings is 1. The topological polar surface area (TPSA) is 34.0 Å². The summed E-state index contributed by atoms with van der Waals surface area (Å²) in [5.41, 5.74) is 6.26. The zero-order valence-electron chi connectivity index (χ0n) is 15.3. The van der Waals surface area contributed by atoms with Gasteiger partial charge in [0.05, 0.1) is 5.69 Å². The average Bonchev–Trinajstić information content (AvgIpc) is 3.34. The standard InChI is InChI=1S/C23H20N2OS/c1-16-10-11-19(14-17(16)2)24-23(26)22-21(25-12-6-7-13-25)20(15-27-22)18-8-4-3-5-9-18/h3-15H,1-2H3,(H,24,26). The van der Waals surface area contributed by atoms with Gasteiger partial charge in [-0.1, -0.05) is 36.4 Å². The lowest BCUT2D eigenvalue weighted by Crippen LogP contribution is -2.13. The third kappa shape index (κ3) is 3.44. The minimum atomic E-state index is -0.0888. The van der Waals surface area contributed by atoms with Crippen LogP contribution in [-0.4, -0.2) is 10.5 Å². The molecule has 0 atom stereocenters. The highest BCUT2D eigenvalue weighted by Gasteiger charge is 2.20. The van der Waals surface area contributed by atoms with Crippen LogP contribution in [0.2, 0.25) is 0 Å². The SMILES string of the molecule is Cc1ccc(NC(=O)c2scc(-c3ccccc3)c2-n2cccc2)cc1C. The predicted molar refractivity (Wildman–Crippen MR) is 113 cm³/mol. The van der Waals surface area contributed by atoms with Gasteiger partial charge in [-0.3, -0.25) is 4.79 Å². The molecule has 1 amide bonds. The molecule has 2 aromatic carbocycles. The molecule has 0 spiro atoms. The summed E-state index contributed by atoms with van der Waals surface area (Å²) in [6.07, 6.45) is 3.95. The highest BCUT2D eigenvalue weighted by Crippen LogP contribution is 2.35. The highest BCUT2D eigenvalue weighted by atomic mass is 32.1. The van der Waals surface area contributed by atoms with Gasteiger partial charge in [-0.05, 0) is 54.8 Å². The van der Waals surface area contributed by atoms with E-state index in [1.54, 1.807) is 0 Å². The molecular weight excluding hydrogens is 352 g/mol. The van der Waals surface area contributed by atoms with Crippen molar-refractivity contribution in [3.8, 4) is 16.8 Å². The Balaban J connectivity index is 1.75. The number of aromatic nitrogens is 1. The molecule has 4 heteroatoms. The first kappa shape index (κ1) is 17.3. The Hall–Kier alpha value is -3.11. The quantitative estimate of drug-likeness (QED) is 0.463. The number of aryl methyl sites for hydroxylation is 2. The molecule has 0 aliphatic carbocycles. The average molecular weight is 372 g/mol. The van der Waals surface area contributed by atoms with Crippen molar-refractivity contribution in [2.45, 2.75) is 13.8 Å². The number of rotatable bonds is 4. The molecule has 0 saturated heterocycles. The number of anilines is 1. The van der Waals surface area contributed by atoms with Crippen molar-refractivity contribution in [2.24, 2.45) is 0 Å². The Labute approximate surface area is 162 Å². The molecule has 0 aliphatic rings. The summed E-state index contributed by atoms with van der Waals surface area (Å²) >= 11 is 1.47. The Morgan fingerprint density at radius 1 is 0.926 bits per heavy atom. The van der Waals surface area contributed by atoms with E-state index in [0.29, 0.717) is 4.88 Å². The maximum atomic E-state index is 13.1. The fourth-order valence-electron chi connectivity index (χ4n) is 3.08. The summed E-state index contributed by atoms with van der Waals surface area (Å²) in [6.45, 7) is 4.12. The summed E-state index contributed by atoms with van der Waals surface area (Å²) in [5, 5.41) is 5.11. The molecule has 4 rings (SSSR count). The lowest BCUT2D eigenvalue weighted by molar-refractivity contribution is 0.103. The molecule has 2 heterocycles. The molecule has 0 unspecified atom stereocenters. The van der Waals surface area contributed by atoms with Gasteiger partial charge in [0.15, 0.2) is 0 Å². The van der Waals surface area contributed by atoms with Gasteiger partial charge in [-0.2, -0.15) is 0 Å². The van der Waals surface area contributed by atoms with Crippen molar-refractivity contribution >= 4 is 22.9 Å². The van der Waals surface area contributed by atoms with E-state index in [4.69, 9.17) is 0 Å². The Bertz CT molecular complexity index is 1080. The van der Waals surface area contributed by atoms with Crippen LogP contribution < -0.4 is 5.32 Å². The minimum Gasteiger partial charge on any atom is -0.322 e. The summed E-state index contributed by atoms with van der Waals surface area (Å²) < 4.78 is 2.01. The second-order valence-corrected chi connectivity index (χ2v) is 7.42. The Kier molecular flexibility index (Phi) is 4.65. The molecule has 0 fully saturated rings. The molecule has 134 valence electrons. The molecule has 2 aromatic heterocycles. The van der Waals surface area contributed by atoms with E-state index in [1.165, 1.54) is 16.9 Å². The molecule has 0 saturated carbocycles. The number of amides is 1. The van der Waals surface area contributed by atoms with Crippen molar-refractivity contribution in [3.05, 3.63) is 94.4 Å². The highest BCUT2D eigenvalue weighted by molar-refractivity contribution is 7.13. The van der Waals surface area contributed by atoms with Gasteiger partial charge in [0, 0.05) is 29.0 Å². The first-order chi connectivity index (χ1) is 13.1. The van der Waals surface area contributed by atoms with Gasteiger partial charge in [-0.15, -0.1) is 11.3 Å². The van der Waals surface area contributed by atoms with Crippen LogP contribution in [0.5, 0.6) is 0 Å². The van der Waals surface area contributed by atoms with Gasteiger partial charge in [0.1, 0.15) is 4.88 Å². The summed E-state index contributed by atoms with van der Waals surface area (Å²) in [5.74, 6) is -0.0888. The largest absolute Gasteiger partial charge is 0.322 e. The minimum absolute atomic E-state index is 0.0888. The van der Waals surface area contributed by atoms with Crippen molar-refractivity contribution < 1.29 is 4.79 Å².